The summed E-state index contributed by atoms with van der Waals surface area (Å²) in [6.07, 6.45) is 0.960. The third-order valence-corrected chi connectivity index (χ3v) is 3.65. The summed E-state index contributed by atoms with van der Waals surface area (Å²) in [6, 6.07) is 4.07. The van der Waals surface area contributed by atoms with Crippen molar-refractivity contribution in [3.63, 3.8) is 0 Å². The summed E-state index contributed by atoms with van der Waals surface area (Å²) in [4.78, 5) is 12.7. The van der Waals surface area contributed by atoms with Gasteiger partial charge in [0.05, 0.1) is 0 Å². The van der Waals surface area contributed by atoms with Crippen molar-refractivity contribution in [2.75, 3.05) is 13.1 Å². The van der Waals surface area contributed by atoms with E-state index >= 15 is 0 Å². The molecule has 0 saturated heterocycles. The molecule has 0 aliphatic heterocycles. The van der Waals surface area contributed by atoms with Crippen molar-refractivity contribution in [2.24, 2.45) is 0 Å². The first-order chi connectivity index (χ1) is 7.56. The Morgan fingerprint density at radius 3 is 2.75 bits per heavy atom. The number of carbonyl (C=O) groups is 1. The number of amides is 2. The predicted molar refractivity (Wildman–Crippen MR) is 69.0 cm³/mol. The lowest BCUT2D eigenvalue weighted by atomic mass is 9.91. The third kappa shape index (κ3) is 3.85. The molecule has 90 valence electrons. The zero-order chi connectivity index (χ0) is 12.0. The van der Waals surface area contributed by atoms with Gasteiger partial charge in [0.15, 0.2) is 0 Å². The molecule has 2 amide bonds. The van der Waals surface area contributed by atoms with Gasteiger partial charge in [-0.2, -0.15) is 0 Å². The second kappa shape index (κ2) is 5.89. The van der Waals surface area contributed by atoms with Gasteiger partial charge in [-0.05, 0) is 17.9 Å². The molecule has 2 N–H and O–H groups in total. The Hall–Kier alpha value is -1.03. The normalized spacial score (nSPS) is 11.2. The number of nitrogens with one attached hydrogen (secondary N) is 2. The minimum Gasteiger partial charge on any atom is -0.338 e. The van der Waals surface area contributed by atoms with Crippen LogP contribution < -0.4 is 10.6 Å². The predicted octanol–water partition coefficient (Wildman–Crippen LogP) is 2.73. The quantitative estimate of drug-likeness (QED) is 0.816. The van der Waals surface area contributed by atoms with Gasteiger partial charge in [0.2, 0.25) is 0 Å². The average molecular weight is 240 g/mol. The van der Waals surface area contributed by atoms with Gasteiger partial charge in [0.25, 0.3) is 0 Å². The van der Waals surface area contributed by atoms with Crippen LogP contribution in [-0.2, 0) is 5.41 Å². The summed E-state index contributed by atoms with van der Waals surface area (Å²) in [6.45, 7) is 7.70. The standard InChI is InChI=1S/C12H20N2OS/c1-4-7-13-11(15)14-9-12(2,3)10-6-5-8-16-10/h5-6,8H,4,7,9H2,1-3H3,(H2,13,14,15). The van der Waals surface area contributed by atoms with E-state index in [1.54, 1.807) is 11.3 Å². The van der Waals surface area contributed by atoms with E-state index in [4.69, 9.17) is 0 Å². The molecule has 3 nitrogen and oxygen atoms in total. The minimum atomic E-state index is -0.0773. The van der Waals surface area contributed by atoms with E-state index in [1.807, 2.05) is 13.0 Å². The van der Waals surface area contributed by atoms with Gasteiger partial charge < -0.3 is 10.6 Å². The second-order valence-corrected chi connectivity index (χ2v) is 5.42. The molecule has 4 heteroatoms. The van der Waals surface area contributed by atoms with Crippen molar-refractivity contribution >= 4 is 17.4 Å². The van der Waals surface area contributed by atoms with E-state index in [1.165, 1.54) is 4.88 Å². The number of hydrogen-bond donors (Lipinski definition) is 2. The topological polar surface area (TPSA) is 41.1 Å². The first-order valence-corrected chi connectivity index (χ1v) is 6.50. The zero-order valence-electron chi connectivity index (χ0n) is 10.2. The number of hydrogen-bond acceptors (Lipinski definition) is 2. The maximum Gasteiger partial charge on any atom is 0.314 e. The summed E-state index contributed by atoms with van der Waals surface area (Å²) >= 11 is 1.73. The highest BCUT2D eigenvalue weighted by atomic mass is 32.1. The first-order valence-electron chi connectivity index (χ1n) is 5.62. The minimum absolute atomic E-state index is 0.00226. The lowest BCUT2D eigenvalue weighted by Gasteiger charge is -2.23. The third-order valence-electron chi connectivity index (χ3n) is 2.41. The van der Waals surface area contributed by atoms with E-state index in [9.17, 15) is 4.79 Å². The van der Waals surface area contributed by atoms with Gasteiger partial charge in [-0.1, -0.05) is 26.8 Å². The van der Waals surface area contributed by atoms with Crippen molar-refractivity contribution < 1.29 is 4.79 Å². The van der Waals surface area contributed by atoms with E-state index < -0.39 is 0 Å². The molecule has 0 fully saturated rings. The largest absolute Gasteiger partial charge is 0.338 e. The molecule has 0 aromatic carbocycles. The molecule has 0 aliphatic rings. The summed E-state index contributed by atoms with van der Waals surface area (Å²) in [7, 11) is 0. The van der Waals surface area contributed by atoms with Crippen LogP contribution in [0.25, 0.3) is 0 Å². The molecule has 1 rings (SSSR count). The van der Waals surface area contributed by atoms with Gasteiger partial charge in [0, 0.05) is 23.4 Å². The van der Waals surface area contributed by atoms with Crippen LogP contribution in [0.3, 0.4) is 0 Å². The smallest absolute Gasteiger partial charge is 0.314 e. The van der Waals surface area contributed by atoms with Crippen molar-refractivity contribution in [3.8, 4) is 0 Å². The van der Waals surface area contributed by atoms with Gasteiger partial charge in [-0.15, -0.1) is 11.3 Å². The number of carbonyl (C=O) groups excluding carboxylic acids is 1. The molecule has 0 aliphatic carbocycles. The van der Waals surface area contributed by atoms with Crippen LogP contribution in [0.1, 0.15) is 32.1 Å². The molecule has 0 unspecified atom stereocenters. The highest BCUT2D eigenvalue weighted by Gasteiger charge is 2.22. The van der Waals surface area contributed by atoms with Gasteiger partial charge in [0.1, 0.15) is 0 Å². The molecular weight excluding hydrogens is 220 g/mol. The molecule has 0 saturated carbocycles. The Morgan fingerprint density at radius 2 is 2.19 bits per heavy atom. The monoisotopic (exact) mass is 240 g/mol. The number of rotatable bonds is 5. The summed E-state index contributed by atoms with van der Waals surface area (Å²) < 4.78 is 0. The molecular formula is C12H20N2OS. The Kier molecular flexibility index (Phi) is 4.80. The van der Waals surface area contributed by atoms with Crippen molar-refractivity contribution in [1.29, 1.82) is 0 Å². The lowest BCUT2D eigenvalue weighted by Crippen LogP contribution is -2.42. The lowest BCUT2D eigenvalue weighted by molar-refractivity contribution is 0.238. The Morgan fingerprint density at radius 1 is 1.44 bits per heavy atom. The molecule has 16 heavy (non-hydrogen) atoms. The maximum absolute atomic E-state index is 11.4. The van der Waals surface area contributed by atoms with E-state index in [0.717, 1.165) is 13.0 Å². The van der Waals surface area contributed by atoms with Crippen LogP contribution in [0.4, 0.5) is 4.79 Å². The van der Waals surface area contributed by atoms with Crippen molar-refractivity contribution in [1.82, 2.24) is 10.6 Å². The first kappa shape index (κ1) is 13.0. The van der Waals surface area contributed by atoms with Crippen LogP contribution in [0.15, 0.2) is 17.5 Å². The van der Waals surface area contributed by atoms with Gasteiger partial charge in [-0.3, -0.25) is 0 Å². The fourth-order valence-electron chi connectivity index (χ4n) is 1.35. The SMILES string of the molecule is CCCNC(=O)NCC(C)(C)c1cccs1. The zero-order valence-corrected chi connectivity index (χ0v) is 11.0. The fourth-order valence-corrected chi connectivity index (χ4v) is 2.21. The van der Waals surface area contributed by atoms with E-state index in [-0.39, 0.29) is 11.4 Å². The Labute approximate surface area is 101 Å². The molecule has 0 atom stereocenters. The number of thiophene rings is 1. The van der Waals surface area contributed by atoms with Crippen LogP contribution in [0.5, 0.6) is 0 Å². The average Bonchev–Trinajstić information content (AvgIpc) is 2.77. The van der Waals surface area contributed by atoms with E-state index in [2.05, 4.69) is 35.9 Å². The Bertz CT molecular complexity index is 320. The van der Waals surface area contributed by atoms with Crippen LogP contribution >= 0.6 is 11.3 Å². The molecule has 0 radical (unpaired) electrons. The molecule has 0 spiro atoms. The maximum atomic E-state index is 11.4. The molecule has 1 aromatic heterocycles. The summed E-state index contributed by atoms with van der Waals surface area (Å²) in [5, 5.41) is 7.77. The van der Waals surface area contributed by atoms with Crippen LogP contribution in [-0.4, -0.2) is 19.1 Å². The van der Waals surface area contributed by atoms with Crippen molar-refractivity contribution in [3.05, 3.63) is 22.4 Å². The van der Waals surface area contributed by atoms with E-state index in [0.29, 0.717) is 6.54 Å². The second-order valence-electron chi connectivity index (χ2n) is 4.47. The molecule has 1 aromatic rings. The Balaban J connectivity index is 2.39. The van der Waals surface area contributed by atoms with Crippen LogP contribution in [0.2, 0.25) is 0 Å². The van der Waals surface area contributed by atoms with Crippen molar-refractivity contribution in [2.45, 2.75) is 32.6 Å². The molecule has 0 bridgehead atoms. The molecule has 1 heterocycles. The fraction of sp³-hybridized carbons (Fsp3) is 0.583. The van der Waals surface area contributed by atoms with Gasteiger partial charge in [-0.25, -0.2) is 4.79 Å². The highest BCUT2D eigenvalue weighted by molar-refractivity contribution is 7.10. The van der Waals surface area contributed by atoms with Crippen LogP contribution in [0, 0.1) is 0 Å². The highest BCUT2D eigenvalue weighted by Crippen LogP contribution is 2.26. The summed E-state index contributed by atoms with van der Waals surface area (Å²) in [5.41, 5.74) is -0.00226. The summed E-state index contributed by atoms with van der Waals surface area (Å²) in [5.74, 6) is 0. The number of urea groups is 1. The van der Waals surface area contributed by atoms with Gasteiger partial charge >= 0.3 is 6.03 Å².